The lowest BCUT2D eigenvalue weighted by molar-refractivity contribution is -0.132. The third kappa shape index (κ3) is 4.82. The highest BCUT2D eigenvalue weighted by Crippen LogP contribution is 2.38. The second kappa shape index (κ2) is 10.0. The molecular formula is C31H36N6O4S. The van der Waals surface area contributed by atoms with Crippen LogP contribution >= 0.6 is 0 Å². The molecule has 3 aromatic rings. The fourth-order valence-corrected chi connectivity index (χ4v) is 7.59. The Kier molecular flexibility index (Phi) is 6.50. The minimum atomic E-state index is -3.33. The number of carbonyl (C=O) groups is 2. The van der Waals surface area contributed by atoms with Crippen molar-refractivity contribution in [3.63, 3.8) is 0 Å². The van der Waals surface area contributed by atoms with E-state index in [2.05, 4.69) is 35.4 Å². The second-order valence-corrected chi connectivity index (χ2v) is 14.4. The molecule has 2 saturated heterocycles. The van der Waals surface area contributed by atoms with Crippen molar-refractivity contribution >= 4 is 38.6 Å². The number of amidine groups is 1. The molecule has 42 heavy (non-hydrogen) atoms. The SMILES string of the molecule is Cn1ncc2cc(-c3ccc(C4=NC5(CCN(S(C)(=O)=O)CC5)C(=O)N4CC4CCN(C(=O)C5CC5)C4)cc3)ccc21. The Hall–Kier alpha value is -3.57. The number of hydrogen-bond acceptors (Lipinski definition) is 6. The first-order valence-electron chi connectivity index (χ1n) is 14.8. The van der Waals surface area contributed by atoms with Gasteiger partial charge in [0.25, 0.3) is 5.91 Å². The van der Waals surface area contributed by atoms with Gasteiger partial charge in [-0.05, 0) is 61.3 Å². The van der Waals surface area contributed by atoms with Crippen LogP contribution in [0.3, 0.4) is 0 Å². The molecule has 1 aromatic heterocycles. The van der Waals surface area contributed by atoms with Gasteiger partial charge in [0, 0.05) is 56.6 Å². The van der Waals surface area contributed by atoms with Crippen LogP contribution in [0.4, 0.5) is 0 Å². The third-order valence-corrected chi connectivity index (χ3v) is 10.7. The maximum atomic E-state index is 14.1. The number of likely N-dealkylation sites (tertiary alicyclic amines) is 1. The zero-order valence-electron chi connectivity index (χ0n) is 24.1. The van der Waals surface area contributed by atoms with Gasteiger partial charge in [-0.3, -0.25) is 24.2 Å². The van der Waals surface area contributed by atoms with Gasteiger partial charge in [0.1, 0.15) is 11.4 Å². The lowest BCUT2D eigenvalue weighted by Crippen LogP contribution is -2.51. The first kappa shape index (κ1) is 27.3. The Bertz CT molecular complexity index is 1700. The predicted octanol–water partition coefficient (Wildman–Crippen LogP) is 2.88. The molecule has 220 valence electrons. The summed E-state index contributed by atoms with van der Waals surface area (Å²) in [5, 5.41) is 5.42. The number of benzene rings is 2. The Balaban J connectivity index is 1.16. The number of fused-ring (bicyclic) bond motifs is 1. The number of sulfonamides is 1. The van der Waals surface area contributed by atoms with Crippen LogP contribution in [-0.2, 0) is 26.7 Å². The molecule has 1 aliphatic carbocycles. The number of piperidine rings is 1. The average molecular weight is 589 g/mol. The summed E-state index contributed by atoms with van der Waals surface area (Å²) in [6.07, 6.45) is 6.63. The summed E-state index contributed by atoms with van der Waals surface area (Å²) in [7, 11) is -1.40. The minimum absolute atomic E-state index is 0.0521. The summed E-state index contributed by atoms with van der Waals surface area (Å²) >= 11 is 0. The van der Waals surface area contributed by atoms with E-state index >= 15 is 0 Å². The topological polar surface area (TPSA) is 108 Å². The zero-order valence-corrected chi connectivity index (χ0v) is 24.9. The van der Waals surface area contributed by atoms with Crippen LogP contribution in [0, 0.1) is 11.8 Å². The highest BCUT2D eigenvalue weighted by Gasteiger charge is 2.51. The number of hydrogen-bond donors (Lipinski definition) is 0. The fourth-order valence-electron chi connectivity index (χ4n) is 6.74. The molecule has 1 atom stereocenters. The third-order valence-electron chi connectivity index (χ3n) is 9.42. The van der Waals surface area contributed by atoms with Crippen LogP contribution in [0.25, 0.3) is 22.0 Å². The Morgan fingerprint density at radius 2 is 1.67 bits per heavy atom. The molecule has 1 unspecified atom stereocenters. The smallest absolute Gasteiger partial charge is 0.256 e. The minimum Gasteiger partial charge on any atom is -0.342 e. The van der Waals surface area contributed by atoms with E-state index in [1.165, 1.54) is 10.6 Å². The molecule has 10 nitrogen and oxygen atoms in total. The maximum absolute atomic E-state index is 14.1. The predicted molar refractivity (Wildman–Crippen MR) is 160 cm³/mol. The number of aliphatic imine (C=N–C) groups is 1. The van der Waals surface area contributed by atoms with Gasteiger partial charge in [0.05, 0.1) is 18.0 Å². The monoisotopic (exact) mass is 588 g/mol. The summed E-state index contributed by atoms with van der Waals surface area (Å²) < 4.78 is 27.6. The van der Waals surface area contributed by atoms with E-state index in [0.29, 0.717) is 31.8 Å². The number of carbonyl (C=O) groups excluding carboxylic acids is 2. The van der Waals surface area contributed by atoms with Crippen molar-refractivity contribution in [1.82, 2.24) is 23.9 Å². The van der Waals surface area contributed by atoms with E-state index in [0.717, 1.165) is 53.4 Å². The molecule has 4 heterocycles. The maximum Gasteiger partial charge on any atom is 0.256 e. The van der Waals surface area contributed by atoms with Crippen molar-refractivity contribution in [3.8, 4) is 11.1 Å². The first-order valence-corrected chi connectivity index (χ1v) is 16.6. The first-order chi connectivity index (χ1) is 20.1. The van der Waals surface area contributed by atoms with Gasteiger partial charge in [0.2, 0.25) is 15.9 Å². The van der Waals surface area contributed by atoms with Gasteiger partial charge >= 0.3 is 0 Å². The summed E-state index contributed by atoms with van der Waals surface area (Å²) in [5.74, 6) is 1.22. The molecule has 3 fully saturated rings. The molecule has 0 N–H and O–H groups in total. The van der Waals surface area contributed by atoms with Gasteiger partial charge in [-0.15, -0.1) is 0 Å². The van der Waals surface area contributed by atoms with Crippen molar-refractivity contribution in [1.29, 1.82) is 0 Å². The molecular weight excluding hydrogens is 552 g/mol. The van der Waals surface area contributed by atoms with Gasteiger partial charge in [-0.2, -0.15) is 5.10 Å². The standard InChI is InChI=1S/C31H36N6O4S/c1-34-27-10-9-25(17-26(27)18-32-34)22-3-5-23(6-4-22)28-33-31(12-15-36(16-13-31)42(2,40)41)30(39)37(28)20-21-11-14-35(19-21)29(38)24-7-8-24/h3-6,9-10,17-18,21,24H,7-8,11-16,19-20H2,1-2H3. The highest BCUT2D eigenvalue weighted by atomic mass is 32.2. The lowest BCUT2D eigenvalue weighted by Gasteiger charge is -2.35. The van der Waals surface area contributed by atoms with Crippen LogP contribution in [-0.4, -0.2) is 94.5 Å². The van der Waals surface area contributed by atoms with Gasteiger partial charge in [0.15, 0.2) is 0 Å². The molecule has 4 aliphatic rings. The van der Waals surface area contributed by atoms with E-state index < -0.39 is 15.6 Å². The Morgan fingerprint density at radius 3 is 2.36 bits per heavy atom. The molecule has 11 heteroatoms. The number of nitrogens with zero attached hydrogens (tertiary/aromatic N) is 6. The lowest BCUT2D eigenvalue weighted by atomic mass is 9.88. The molecule has 1 saturated carbocycles. The summed E-state index contributed by atoms with van der Waals surface area (Å²) in [6, 6.07) is 14.4. The normalized spacial score (nSPS) is 22.9. The Labute approximate surface area is 246 Å². The van der Waals surface area contributed by atoms with Gasteiger partial charge in [-0.25, -0.2) is 12.7 Å². The van der Waals surface area contributed by atoms with Crippen molar-refractivity contribution < 1.29 is 18.0 Å². The summed E-state index contributed by atoms with van der Waals surface area (Å²) in [5.41, 5.74) is 3.12. The van der Waals surface area contributed by atoms with Crippen LogP contribution in [0.1, 0.15) is 37.7 Å². The second-order valence-electron chi connectivity index (χ2n) is 12.4. The number of aryl methyl sites for hydroxylation is 1. The Morgan fingerprint density at radius 1 is 0.976 bits per heavy atom. The van der Waals surface area contributed by atoms with Crippen molar-refractivity contribution in [2.24, 2.45) is 23.9 Å². The molecule has 1 spiro atoms. The van der Waals surface area contributed by atoms with E-state index in [1.54, 1.807) is 0 Å². The quantitative estimate of drug-likeness (QED) is 0.440. The number of aromatic nitrogens is 2. The van der Waals surface area contributed by atoms with E-state index in [1.807, 2.05) is 39.9 Å². The van der Waals surface area contributed by atoms with E-state index in [4.69, 9.17) is 4.99 Å². The molecule has 2 amide bonds. The zero-order chi connectivity index (χ0) is 29.2. The summed E-state index contributed by atoms with van der Waals surface area (Å²) in [6.45, 7) is 2.45. The van der Waals surface area contributed by atoms with Crippen molar-refractivity contribution in [3.05, 3.63) is 54.2 Å². The molecule has 7 rings (SSSR count). The van der Waals surface area contributed by atoms with Crippen molar-refractivity contribution in [2.45, 2.75) is 37.6 Å². The van der Waals surface area contributed by atoms with Gasteiger partial charge < -0.3 is 4.90 Å². The molecule has 2 aromatic carbocycles. The molecule has 0 radical (unpaired) electrons. The fraction of sp³-hybridized carbons (Fsp3) is 0.484. The highest BCUT2D eigenvalue weighted by molar-refractivity contribution is 7.88. The van der Waals surface area contributed by atoms with Gasteiger partial charge in [-0.1, -0.05) is 30.3 Å². The van der Waals surface area contributed by atoms with Crippen LogP contribution in [0.2, 0.25) is 0 Å². The number of amides is 2. The molecule has 3 aliphatic heterocycles. The average Bonchev–Trinajstić information content (AvgIpc) is 3.54. The summed E-state index contributed by atoms with van der Waals surface area (Å²) in [4.78, 5) is 35.7. The van der Waals surface area contributed by atoms with E-state index in [-0.39, 0.29) is 36.7 Å². The van der Waals surface area contributed by atoms with Crippen LogP contribution in [0.5, 0.6) is 0 Å². The van der Waals surface area contributed by atoms with Crippen LogP contribution in [0.15, 0.2) is 53.7 Å². The van der Waals surface area contributed by atoms with Crippen LogP contribution < -0.4 is 0 Å². The molecule has 0 bridgehead atoms. The van der Waals surface area contributed by atoms with Crippen molar-refractivity contribution in [2.75, 3.05) is 39.0 Å². The van der Waals surface area contributed by atoms with E-state index in [9.17, 15) is 18.0 Å². The number of rotatable bonds is 6. The largest absolute Gasteiger partial charge is 0.342 e.